The summed E-state index contributed by atoms with van der Waals surface area (Å²) >= 11 is 11.8. The van der Waals surface area contributed by atoms with Crippen molar-refractivity contribution in [3.05, 3.63) is 98.0 Å². The number of hydrogen-bond donors (Lipinski definition) is 0. The minimum Gasteiger partial charge on any atom is -0.423 e. The Kier molecular flexibility index (Phi) is 6.11. The summed E-state index contributed by atoms with van der Waals surface area (Å²) in [4.78, 5) is 35.0. The highest BCUT2D eigenvalue weighted by Crippen LogP contribution is 2.26. The molecule has 0 aliphatic carbocycles. The second kappa shape index (κ2) is 8.72. The second-order valence-electron chi connectivity index (χ2n) is 5.65. The number of nitro benzene ring substituents is 1. The molecule has 9 heteroatoms. The molecule has 3 aromatic rings. The van der Waals surface area contributed by atoms with Crippen LogP contribution in [0.25, 0.3) is 0 Å². The number of nitro groups is 1. The van der Waals surface area contributed by atoms with E-state index in [-0.39, 0.29) is 33.3 Å². The van der Waals surface area contributed by atoms with Crippen LogP contribution in [0.1, 0.15) is 20.7 Å². The molecular formula is C20H11Cl2NO6. The lowest BCUT2D eigenvalue weighted by Gasteiger charge is -2.08. The van der Waals surface area contributed by atoms with Crippen molar-refractivity contribution >= 4 is 40.8 Å². The van der Waals surface area contributed by atoms with Gasteiger partial charge in [0.15, 0.2) is 0 Å². The van der Waals surface area contributed by atoms with Gasteiger partial charge in [0.2, 0.25) is 0 Å². The van der Waals surface area contributed by atoms with Crippen molar-refractivity contribution in [2.24, 2.45) is 0 Å². The third-order valence-corrected chi connectivity index (χ3v) is 4.25. The van der Waals surface area contributed by atoms with Gasteiger partial charge in [0, 0.05) is 17.2 Å². The molecule has 3 aromatic carbocycles. The van der Waals surface area contributed by atoms with Crippen molar-refractivity contribution in [2.45, 2.75) is 0 Å². The smallest absolute Gasteiger partial charge is 0.350 e. The number of nitrogens with zero attached hydrogens (tertiary/aromatic N) is 1. The minimum atomic E-state index is -0.915. The first kappa shape index (κ1) is 20.3. The van der Waals surface area contributed by atoms with E-state index in [9.17, 15) is 19.7 Å². The monoisotopic (exact) mass is 431 g/mol. The van der Waals surface area contributed by atoms with Gasteiger partial charge < -0.3 is 9.47 Å². The van der Waals surface area contributed by atoms with E-state index in [0.717, 1.165) is 0 Å². The maximum absolute atomic E-state index is 12.3. The van der Waals surface area contributed by atoms with Gasteiger partial charge in [0.25, 0.3) is 5.69 Å². The number of ether oxygens (including phenoxy) is 2. The van der Waals surface area contributed by atoms with Crippen molar-refractivity contribution in [3.63, 3.8) is 0 Å². The highest BCUT2D eigenvalue weighted by Gasteiger charge is 2.21. The maximum atomic E-state index is 12.3. The number of esters is 2. The Hall–Kier alpha value is -3.42. The molecule has 0 bridgehead atoms. The van der Waals surface area contributed by atoms with Crippen molar-refractivity contribution in [1.29, 1.82) is 0 Å². The Morgan fingerprint density at radius 3 is 2.03 bits per heavy atom. The lowest BCUT2D eigenvalue weighted by atomic mass is 10.2. The summed E-state index contributed by atoms with van der Waals surface area (Å²) in [5.74, 6) is -1.51. The molecule has 0 radical (unpaired) electrons. The zero-order valence-corrected chi connectivity index (χ0v) is 16.0. The summed E-state index contributed by atoms with van der Waals surface area (Å²) < 4.78 is 10.4. The Morgan fingerprint density at radius 2 is 1.41 bits per heavy atom. The standard InChI is InChI=1S/C20H11Cl2NO6/c21-12-8-9-15(17(22)10-12)19(24)28-13-4-3-5-14(11-13)29-20(25)16-6-1-2-7-18(16)23(26)27/h1-11H. The number of benzene rings is 3. The summed E-state index contributed by atoms with van der Waals surface area (Å²) in [5.41, 5.74) is -0.469. The summed E-state index contributed by atoms with van der Waals surface area (Å²) in [6.07, 6.45) is 0. The summed E-state index contributed by atoms with van der Waals surface area (Å²) in [5, 5.41) is 11.6. The van der Waals surface area contributed by atoms with Crippen molar-refractivity contribution in [3.8, 4) is 11.5 Å². The van der Waals surface area contributed by atoms with E-state index < -0.39 is 16.9 Å². The first-order valence-corrected chi connectivity index (χ1v) is 8.83. The van der Waals surface area contributed by atoms with Gasteiger partial charge in [-0.25, -0.2) is 9.59 Å². The first-order valence-electron chi connectivity index (χ1n) is 8.08. The molecule has 0 amide bonds. The number of halogens is 2. The molecule has 0 saturated carbocycles. The fraction of sp³-hybridized carbons (Fsp3) is 0. The zero-order valence-electron chi connectivity index (χ0n) is 14.5. The normalized spacial score (nSPS) is 10.3. The van der Waals surface area contributed by atoms with Gasteiger partial charge in [-0.05, 0) is 36.4 Å². The number of rotatable bonds is 5. The van der Waals surface area contributed by atoms with Crippen LogP contribution in [-0.2, 0) is 0 Å². The molecule has 0 spiro atoms. The van der Waals surface area contributed by atoms with Gasteiger partial charge >= 0.3 is 11.9 Å². The number of hydrogen-bond acceptors (Lipinski definition) is 6. The lowest BCUT2D eigenvalue weighted by Crippen LogP contribution is -2.12. The van der Waals surface area contributed by atoms with E-state index in [4.69, 9.17) is 32.7 Å². The molecule has 0 aliphatic heterocycles. The number of para-hydroxylation sites is 1. The fourth-order valence-corrected chi connectivity index (χ4v) is 2.87. The average Bonchev–Trinajstić information content (AvgIpc) is 2.68. The van der Waals surface area contributed by atoms with Crippen LogP contribution in [-0.4, -0.2) is 16.9 Å². The predicted molar refractivity (Wildman–Crippen MR) is 106 cm³/mol. The van der Waals surface area contributed by atoms with Crippen LogP contribution in [0.2, 0.25) is 10.0 Å². The minimum absolute atomic E-state index is 0.0423. The molecule has 0 atom stereocenters. The van der Waals surface area contributed by atoms with E-state index >= 15 is 0 Å². The zero-order chi connectivity index (χ0) is 21.0. The van der Waals surface area contributed by atoms with E-state index in [2.05, 4.69) is 0 Å². The van der Waals surface area contributed by atoms with Gasteiger partial charge in [-0.1, -0.05) is 41.4 Å². The first-order chi connectivity index (χ1) is 13.8. The molecule has 0 saturated heterocycles. The van der Waals surface area contributed by atoms with Crippen molar-refractivity contribution in [2.75, 3.05) is 0 Å². The molecule has 0 fully saturated rings. The Bertz CT molecular complexity index is 1120. The average molecular weight is 432 g/mol. The molecule has 0 aromatic heterocycles. The Morgan fingerprint density at radius 1 is 0.793 bits per heavy atom. The van der Waals surface area contributed by atoms with Crippen LogP contribution in [0.5, 0.6) is 11.5 Å². The molecule has 146 valence electrons. The molecule has 0 aliphatic rings. The maximum Gasteiger partial charge on any atom is 0.350 e. The number of carbonyl (C=O) groups is 2. The summed E-state index contributed by atoms with van der Waals surface area (Å²) in [6, 6.07) is 15.4. The molecule has 0 heterocycles. The van der Waals surface area contributed by atoms with Crippen molar-refractivity contribution in [1.82, 2.24) is 0 Å². The third-order valence-electron chi connectivity index (χ3n) is 3.70. The van der Waals surface area contributed by atoms with E-state index in [1.807, 2.05) is 0 Å². The highest BCUT2D eigenvalue weighted by atomic mass is 35.5. The quantitative estimate of drug-likeness (QED) is 0.234. The summed E-state index contributed by atoms with van der Waals surface area (Å²) in [6.45, 7) is 0. The van der Waals surface area contributed by atoms with Gasteiger partial charge in [-0.2, -0.15) is 0 Å². The van der Waals surface area contributed by atoms with Crippen LogP contribution in [0.15, 0.2) is 66.7 Å². The Balaban J connectivity index is 1.77. The predicted octanol–water partition coefficient (Wildman–Crippen LogP) is 5.34. The lowest BCUT2D eigenvalue weighted by molar-refractivity contribution is -0.385. The Labute approximate surface area is 174 Å². The highest BCUT2D eigenvalue weighted by molar-refractivity contribution is 6.36. The molecule has 0 unspecified atom stereocenters. The topological polar surface area (TPSA) is 95.7 Å². The second-order valence-corrected chi connectivity index (χ2v) is 6.50. The van der Waals surface area contributed by atoms with Crippen LogP contribution in [0, 0.1) is 10.1 Å². The molecule has 0 N–H and O–H groups in total. The molecular weight excluding hydrogens is 421 g/mol. The van der Waals surface area contributed by atoms with Gasteiger partial charge in [-0.3, -0.25) is 10.1 Å². The SMILES string of the molecule is O=C(Oc1cccc(OC(=O)c2ccccc2[N+](=O)[O-])c1)c1ccc(Cl)cc1Cl. The van der Waals surface area contributed by atoms with Gasteiger partial charge in [0.05, 0.1) is 15.5 Å². The van der Waals surface area contributed by atoms with Crippen LogP contribution in [0.3, 0.4) is 0 Å². The van der Waals surface area contributed by atoms with Gasteiger partial charge in [-0.15, -0.1) is 0 Å². The summed E-state index contributed by atoms with van der Waals surface area (Å²) in [7, 11) is 0. The van der Waals surface area contributed by atoms with Crippen LogP contribution >= 0.6 is 23.2 Å². The third kappa shape index (κ3) is 4.90. The molecule has 7 nitrogen and oxygen atoms in total. The van der Waals surface area contributed by atoms with Gasteiger partial charge in [0.1, 0.15) is 17.1 Å². The van der Waals surface area contributed by atoms with E-state index in [1.165, 1.54) is 66.7 Å². The molecule has 3 rings (SSSR count). The number of carbonyl (C=O) groups excluding carboxylic acids is 2. The van der Waals surface area contributed by atoms with E-state index in [1.54, 1.807) is 0 Å². The fourth-order valence-electron chi connectivity index (χ4n) is 2.39. The van der Waals surface area contributed by atoms with Crippen molar-refractivity contribution < 1.29 is 24.0 Å². The van der Waals surface area contributed by atoms with E-state index in [0.29, 0.717) is 5.02 Å². The molecule has 29 heavy (non-hydrogen) atoms. The van der Waals surface area contributed by atoms with Crippen LogP contribution < -0.4 is 9.47 Å². The largest absolute Gasteiger partial charge is 0.423 e. The van der Waals surface area contributed by atoms with Crippen LogP contribution in [0.4, 0.5) is 5.69 Å².